The molecule has 2 atom stereocenters. The summed E-state index contributed by atoms with van der Waals surface area (Å²) in [6, 6.07) is 12.0. The third kappa shape index (κ3) is 8.28. The third-order valence-corrected chi connectivity index (χ3v) is 4.11. The van der Waals surface area contributed by atoms with E-state index in [0.29, 0.717) is 26.5 Å². The van der Waals surface area contributed by atoms with Crippen LogP contribution in [0.15, 0.2) is 36.4 Å². The van der Waals surface area contributed by atoms with Crippen LogP contribution < -0.4 is 15.8 Å². The van der Waals surface area contributed by atoms with Gasteiger partial charge in [0, 0.05) is 37.0 Å². The molecule has 0 saturated carbocycles. The Bertz CT molecular complexity index is 810. The van der Waals surface area contributed by atoms with Gasteiger partial charge in [-0.15, -0.1) is 0 Å². The number of benzene rings is 2. The predicted octanol–water partition coefficient (Wildman–Crippen LogP) is 3.07. The molecule has 28 heavy (non-hydrogen) atoms. The largest absolute Gasteiger partial charge is 0.768 e. The minimum absolute atomic E-state index is 0.0142. The number of nitrogens with one attached hydrogen (secondary N) is 1. The first-order valence-electron chi connectivity index (χ1n) is 8.68. The van der Waals surface area contributed by atoms with Crippen LogP contribution in [0.1, 0.15) is 32.8 Å². The van der Waals surface area contributed by atoms with Crippen LogP contribution in [-0.4, -0.2) is 32.6 Å². The zero-order chi connectivity index (χ0) is 21.3. The number of carbonyl (C=O) groups is 1. The molecule has 0 aliphatic rings. The van der Waals surface area contributed by atoms with Crippen molar-refractivity contribution in [1.82, 2.24) is 5.32 Å². The number of fused-ring (bicyclic) bond motifs is 1. The molecule has 0 fully saturated rings. The molecular formula is C19H25F2N2O4S-. The fourth-order valence-electron chi connectivity index (χ4n) is 2.14. The molecule has 3 N–H and O–H groups in total. The number of hydrogen-bond acceptors (Lipinski definition) is 5. The normalized spacial score (nSPS) is 13.2. The zero-order valence-electron chi connectivity index (χ0n) is 16.0. The van der Waals surface area contributed by atoms with Crippen molar-refractivity contribution in [2.75, 3.05) is 6.61 Å². The maximum absolute atomic E-state index is 11.5. The molecule has 0 saturated heterocycles. The second-order valence-corrected chi connectivity index (χ2v) is 7.45. The van der Waals surface area contributed by atoms with E-state index in [1.54, 1.807) is 0 Å². The van der Waals surface area contributed by atoms with Gasteiger partial charge in [0.2, 0.25) is 5.91 Å². The molecular weight excluding hydrogens is 390 g/mol. The predicted molar refractivity (Wildman–Crippen MR) is 105 cm³/mol. The molecule has 0 aliphatic heterocycles. The van der Waals surface area contributed by atoms with Crippen LogP contribution >= 0.6 is 0 Å². The zero-order valence-corrected chi connectivity index (χ0v) is 16.9. The molecule has 2 aromatic rings. The molecule has 2 unspecified atom stereocenters. The van der Waals surface area contributed by atoms with Crippen LogP contribution in [0.3, 0.4) is 0 Å². The summed E-state index contributed by atoms with van der Waals surface area (Å²) in [6.07, 6.45) is 0.485. The second kappa shape index (κ2) is 11.0. The highest BCUT2D eigenvalue weighted by Crippen LogP contribution is 2.25. The van der Waals surface area contributed by atoms with E-state index in [1.807, 2.05) is 44.2 Å². The standard InChI is InChI=1S/C17H22N2O2.C2H4F2O2S/c1-3-17(20)19-10-14-9-15(21-11-12(2)18)8-13-6-4-5-7-16(13)14;1-2(3,4)7(5)6/h4-9,12H,3,10-11,18H2,1-2H3,(H,19,20);1H3,(H,5,6)/p-1. The molecule has 0 aliphatic carbocycles. The fourth-order valence-corrected chi connectivity index (χ4v) is 2.14. The summed E-state index contributed by atoms with van der Waals surface area (Å²) in [5.74, 6) is 0.827. The van der Waals surface area contributed by atoms with Gasteiger partial charge in [-0.3, -0.25) is 9.00 Å². The number of halogens is 2. The van der Waals surface area contributed by atoms with Crippen LogP contribution in [0, 0.1) is 0 Å². The molecule has 0 bridgehead atoms. The van der Waals surface area contributed by atoms with Gasteiger partial charge in [0.15, 0.2) is 0 Å². The topological polar surface area (TPSA) is 104 Å². The van der Waals surface area contributed by atoms with E-state index in [4.69, 9.17) is 10.5 Å². The van der Waals surface area contributed by atoms with Crippen LogP contribution in [0.5, 0.6) is 5.75 Å². The lowest BCUT2D eigenvalue weighted by Crippen LogP contribution is -2.24. The summed E-state index contributed by atoms with van der Waals surface area (Å²) >= 11 is -3.27. The molecule has 6 nitrogen and oxygen atoms in total. The number of hydrogen-bond donors (Lipinski definition) is 2. The summed E-state index contributed by atoms with van der Waals surface area (Å²) in [6.45, 7) is 5.04. The Morgan fingerprint density at radius 2 is 1.96 bits per heavy atom. The first-order valence-corrected chi connectivity index (χ1v) is 9.76. The van der Waals surface area contributed by atoms with Gasteiger partial charge in [-0.2, -0.15) is 8.78 Å². The van der Waals surface area contributed by atoms with Gasteiger partial charge in [0.25, 0.3) is 0 Å². The van der Waals surface area contributed by atoms with Crippen LogP contribution in [0.2, 0.25) is 0 Å². The van der Waals surface area contributed by atoms with Crippen molar-refractivity contribution in [3.63, 3.8) is 0 Å². The Labute approximate surface area is 165 Å². The van der Waals surface area contributed by atoms with E-state index >= 15 is 0 Å². The average molecular weight is 415 g/mol. The van der Waals surface area contributed by atoms with Crippen molar-refractivity contribution in [3.05, 3.63) is 42.0 Å². The molecule has 0 spiro atoms. The smallest absolute Gasteiger partial charge is 0.306 e. The Hall–Kier alpha value is -2.10. The molecule has 2 rings (SSSR count). The highest BCUT2D eigenvalue weighted by Gasteiger charge is 2.21. The number of alkyl halides is 2. The molecule has 2 aromatic carbocycles. The summed E-state index contributed by atoms with van der Waals surface area (Å²) in [5.41, 5.74) is 6.78. The first-order chi connectivity index (χ1) is 13.0. The summed E-state index contributed by atoms with van der Waals surface area (Å²) in [4.78, 5) is 11.5. The fraction of sp³-hybridized carbons (Fsp3) is 0.421. The number of ether oxygens (including phenoxy) is 1. The molecule has 0 heterocycles. The van der Waals surface area contributed by atoms with Crippen molar-refractivity contribution < 1.29 is 27.1 Å². The van der Waals surface area contributed by atoms with Gasteiger partial charge in [0.05, 0.1) is 0 Å². The van der Waals surface area contributed by atoms with Crippen LogP contribution in [0.4, 0.5) is 8.78 Å². The van der Waals surface area contributed by atoms with Gasteiger partial charge in [-0.05, 0) is 35.4 Å². The van der Waals surface area contributed by atoms with Crippen molar-refractivity contribution in [3.8, 4) is 5.75 Å². The van der Waals surface area contributed by atoms with Crippen molar-refractivity contribution >= 4 is 27.8 Å². The SMILES string of the molecule is CC(F)(F)S(=O)[O-].CCC(=O)NCc1cc(OCC(C)N)cc2ccccc12. The first kappa shape index (κ1) is 23.9. The van der Waals surface area contributed by atoms with E-state index in [-0.39, 0.29) is 11.9 Å². The lowest BCUT2D eigenvalue weighted by atomic mass is 10.0. The van der Waals surface area contributed by atoms with E-state index in [9.17, 15) is 22.3 Å². The highest BCUT2D eigenvalue weighted by atomic mass is 32.2. The summed E-state index contributed by atoms with van der Waals surface area (Å²) < 4.78 is 46.7. The number of amides is 1. The minimum atomic E-state index is -3.58. The van der Waals surface area contributed by atoms with E-state index in [1.165, 1.54) is 0 Å². The number of carbonyl (C=O) groups excluding carboxylic acids is 1. The van der Waals surface area contributed by atoms with Crippen LogP contribution in [0.25, 0.3) is 10.8 Å². The lowest BCUT2D eigenvalue weighted by molar-refractivity contribution is -0.120. The number of nitrogens with two attached hydrogens (primary N) is 1. The quantitative estimate of drug-likeness (QED) is 0.676. The average Bonchev–Trinajstić information content (AvgIpc) is 2.63. The maximum atomic E-state index is 11.5. The maximum Gasteiger partial charge on any atom is 0.306 e. The number of rotatable bonds is 7. The van der Waals surface area contributed by atoms with Gasteiger partial charge < -0.3 is 20.3 Å². The Balaban J connectivity index is 0.000000480. The molecule has 0 aromatic heterocycles. The summed E-state index contributed by atoms with van der Waals surface area (Å²) in [7, 11) is 0. The van der Waals surface area contributed by atoms with Crippen molar-refractivity contribution in [2.24, 2.45) is 5.73 Å². The van der Waals surface area contributed by atoms with E-state index in [0.717, 1.165) is 22.1 Å². The summed E-state index contributed by atoms with van der Waals surface area (Å²) in [5, 5.41) is 1.55. The van der Waals surface area contributed by atoms with Crippen molar-refractivity contribution in [2.45, 2.75) is 45.0 Å². The Morgan fingerprint density at radius 3 is 2.50 bits per heavy atom. The van der Waals surface area contributed by atoms with Crippen molar-refractivity contribution in [1.29, 1.82) is 0 Å². The molecule has 9 heteroatoms. The lowest BCUT2D eigenvalue weighted by Gasteiger charge is -2.13. The molecule has 156 valence electrons. The highest BCUT2D eigenvalue weighted by molar-refractivity contribution is 7.80. The van der Waals surface area contributed by atoms with E-state index in [2.05, 4.69) is 11.4 Å². The van der Waals surface area contributed by atoms with Gasteiger partial charge in [0.1, 0.15) is 12.4 Å². The second-order valence-electron chi connectivity index (χ2n) is 6.26. The van der Waals surface area contributed by atoms with Crippen LogP contribution in [-0.2, 0) is 22.4 Å². The Morgan fingerprint density at radius 1 is 1.36 bits per heavy atom. The molecule has 0 radical (unpaired) electrons. The third-order valence-electron chi connectivity index (χ3n) is 3.52. The van der Waals surface area contributed by atoms with E-state index < -0.39 is 16.3 Å². The minimum Gasteiger partial charge on any atom is -0.768 e. The van der Waals surface area contributed by atoms with Gasteiger partial charge in [-0.25, -0.2) is 0 Å². The Kier molecular flexibility index (Phi) is 9.44. The molecule has 1 amide bonds. The van der Waals surface area contributed by atoms with Gasteiger partial charge >= 0.3 is 5.25 Å². The monoisotopic (exact) mass is 415 g/mol. The van der Waals surface area contributed by atoms with Gasteiger partial charge in [-0.1, -0.05) is 31.2 Å².